The number of hydrogen-bond acceptors (Lipinski definition) is 5. The average Bonchev–Trinajstić information content (AvgIpc) is 2.82. The Morgan fingerprint density at radius 2 is 1.47 bits per heavy atom. The second kappa shape index (κ2) is 11.3. The lowest BCUT2D eigenvalue weighted by atomic mass is 10.1. The highest BCUT2D eigenvalue weighted by molar-refractivity contribution is 5.70. The van der Waals surface area contributed by atoms with Crippen molar-refractivity contribution in [3.05, 3.63) is 89.5 Å². The second-order valence-electron chi connectivity index (χ2n) is 7.13. The maximum Gasteiger partial charge on any atom is 0.416 e. The number of carboxylic acids is 1. The van der Waals surface area contributed by atoms with Gasteiger partial charge in [-0.1, -0.05) is 24.0 Å². The molecule has 0 N–H and O–H groups in total. The van der Waals surface area contributed by atoms with Crippen molar-refractivity contribution in [1.29, 1.82) is 0 Å². The van der Waals surface area contributed by atoms with E-state index in [0.29, 0.717) is 11.5 Å². The van der Waals surface area contributed by atoms with Gasteiger partial charge < -0.3 is 24.1 Å². The van der Waals surface area contributed by atoms with Gasteiger partial charge in [0, 0.05) is 19.1 Å². The van der Waals surface area contributed by atoms with Gasteiger partial charge in [-0.15, -0.1) is 0 Å². The highest BCUT2D eigenvalue weighted by Crippen LogP contribution is 2.31. The first-order valence-corrected chi connectivity index (χ1v) is 10.1. The van der Waals surface area contributed by atoms with Crippen molar-refractivity contribution in [2.75, 3.05) is 13.7 Å². The number of hydrogen-bond donors (Lipinski definition) is 0. The molecule has 0 aromatic heterocycles. The average molecular weight is 469 g/mol. The number of ether oxygens (including phenoxy) is 3. The summed E-state index contributed by atoms with van der Waals surface area (Å²) in [6.07, 6.45) is -5.19. The Kier molecular flexibility index (Phi) is 8.17. The van der Waals surface area contributed by atoms with E-state index in [4.69, 9.17) is 14.2 Å². The van der Waals surface area contributed by atoms with Crippen LogP contribution < -0.4 is 14.6 Å². The molecule has 0 aliphatic heterocycles. The number of rotatable bonds is 8. The zero-order valence-electron chi connectivity index (χ0n) is 18.1. The molecule has 0 amide bonds. The maximum absolute atomic E-state index is 12.6. The van der Waals surface area contributed by atoms with Crippen LogP contribution in [0.25, 0.3) is 0 Å². The van der Waals surface area contributed by atoms with Gasteiger partial charge in [0.25, 0.3) is 0 Å². The summed E-state index contributed by atoms with van der Waals surface area (Å²) in [7, 11) is 1.32. The first-order chi connectivity index (χ1) is 16.2. The van der Waals surface area contributed by atoms with Crippen molar-refractivity contribution >= 4 is 5.97 Å². The fourth-order valence-corrected chi connectivity index (χ4v) is 2.91. The summed E-state index contributed by atoms with van der Waals surface area (Å²) in [5.41, 5.74) is 0.794. The van der Waals surface area contributed by atoms with Crippen LogP contribution in [0.4, 0.5) is 13.2 Å². The quantitative estimate of drug-likeness (QED) is 0.462. The molecule has 0 aliphatic rings. The fourth-order valence-electron chi connectivity index (χ4n) is 2.91. The molecule has 0 fully saturated rings. The number of carboxylic acid groups (broad SMARTS) is 1. The summed E-state index contributed by atoms with van der Waals surface area (Å²) in [6, 6.07) is 18.1. The third kappa shape index (κ3) is 7.29. The van der Waals surface area contributed by atoms with E-state index in [1.165, 1.54) is 19.2 Å². The predicted octanol–water partition coefficient (Wildman–Crippen LogP) is 4.24. The van der Waals surface area contributed by atoms with Gasteiger partial charge in [0.2, 0.25) is 0 Å². The van der Waals surface area contributed by atoms with E-state index < -0.39 is 23.8 Å². The van der Waals surface area contributed by atoms with Crippen LogP contribution >= 0.6 is 0 Å². The summed E-state index contributed by atoms with van der Waals surface area (Å²) in [6.45, 7) is 0.136. The summed E-state index contributed by atoms with van der Waals surface area (Å²) in [5.74, 6) is 5.87. The van der Waals surface area contributed by atoms with Crippen molar-refractivity contribution < 1.29 is 37.3 Å². The van der Waals surface area contributed by atoms with E-state index in [-0.39, 0.29) is 18.8 Å². The van der Waals surface area contributed by atoms with E-state index in [0.717, 1.165) is 23.3 Å². The van der Waals surface area contributed by atoms with Gasteiger partial charge in [0.05, 0.1) is 11.5 Å². The SMILES string of the molecule is CO[C@@H](Cc1ccc(C#CCOc2ccc(Oc3ccc(C(F)(F)F)cc3)cc2)cc1)C(=O)[O-]. The lowest BCUT2D eigenvalue weighted by Crippen LogP contribution is -2.38. The normalized spacial score (nSPS) is 11.8. The Balaban J connectivity index is 1.48. The van der Waals surface area contributed by atoms with Gasteiger partial charge in [-0.3, -0.25) is 0 Å². The van der Waals surface area contributed by atoms with Crippen LogP contribution in [0.1, 0.15) is 16.7 Å². The maximum atomic E-state index is 12.6. The number of methoxy groups -OCH3 is 1. The summed E-state index contributed by atoms with van der Waals surface area (Å²) >= 11 is 0. The summed E-state index contributed by atoms with van der Waals surface area (Å²) in [4.78, 5) is 10.9. The smallest absolute Gasteiger partial charge is 0.416 e. The molecule has 0 aliphatic carbocycles. The Morgan fingerprint density at radius 1 is 0.912 bits per heavy atom. The fraction of sp³-hybridized carbons (Fsp3) is 0.192. The molecule has 34 heavy (non-hydrogen) atoms. The number of benzene rings is 3. The lowest BCUT2D eigenvalue weighted by molar-refractivity contribution is -0.315. The Hall–Kier alpha value is -3.96. The lowest BCUT2D eigenvalue weighted by Gasteiger charge is -2.15. The van der Waals surface area contributed by atoms with E-state index in [9.17, 15) is 23.1 Å². The molecule has 0 radical (unpaired) electrons. The third-order valence-corrected chi connectivity index (χ3v) is 4.71. The minimum atomic E-state index is -4.39. The summed E-state index contributed by atoms with van der Waals surface area (Å²) < 4.78 is 53.8. The standard InChI is InChI=1S/C26H21F3O5/c1-32-24(25(30)31)17-19-6-4-18(5-7-19)3-2-16-33-21-12-14-23(15-13-21)34-22-10-8-20(9-11-22)26(27,28)29/h4-15,24H,16-17H2,1H3,(H,30,31)/p-1/t24-/m0/s1. The minimum Gasteiger partial charge on any atom is -0.547 e. The van der Waals surface area contributed by atoms with E-state index >= 15 is 0 Å². The van der Waals surface area contributed by atoms with Crippen molar-refractivity contribution in [1.82, 2.24) is 0 Å². The molecule has 1 atom stereocenters. The molecule has 0 spiro atoms. The van der Waals surface area contributed by atoms with Crippen LogP contribution in [0.15, 0.2) is 72.8 Å². The van der Waals surface area contributed by atoms with Crippen LogP contribution in [0, 0.1) is 11.8 Å². The highest BCUT2D eigenvalue weighted by atomic mass is 19.4. The molecule has 3 rings (SSSR count). The molecule has 3 aromatic rings. The van der Waals surface area contributed by atoms with Crippen LogP contribution in [-0.2, 0) is 22.1 Å². The van der Waals surface area contributed by atoms with Crippen molar-refractivity contribution in [3.8, 4) is 29.1 Å². The van der Waals surface area contributed by atoms with Gasteiger partial charge in [0.15, 0.2) is 0 Å². The van der Waals surface area contributed by atoms with E-state index in [1.54, 1.807) is 48.5 Å². The molecule has 176 valence electrons. The monoisotopic (exact) mass is 469 g/mol. The van der Waals surface area contributed by atoms with Crippen LogP contribution in [0.5, 0.6) is 17.2 Å². The van der Waals surface area contributed by atoms with E-state index in [2.05, 4.69) is 11.8 Å². The molecule has 0 bridgehead atoms. The first kappa shape index (κ1) is 24.7. The number of carbonyl (C=O) groups is 1. The van der Waals surface area contributed by atoms with Gasteiger partial charge in [-0.25, -0.2) is 0 Å². The topological polar surface area (TPSA) is 67.8 Å². The molecular formula is C26H20F3O5-. The zero-order chi connectivity index (χ0) is 24.6. The van der Waals surface area contributed by atoms with E-state index in [1.807, 2.05) is 0 Å². The van der Waals surface area contributed by atoms with Gasteiger partial charge in [0.1, 0.15) is 30.0 Å². The number of alkyl halides is 3. The van der Waals surface area contributed by atoms with Gasteiger partial charge in [-0.05, 0) is 66.2 Å². The van der Waals surface area contributed by atoms with Crippen molar-refractivity contribution in [2.45, 2.75) is 18.7 Å². The van der Waals surface area contributed by atoms with Crippen LogP contribution in [0.2, 0.25) is 0 Å². The third-order valence-electron chi connectivity index (χ3n) is 4.71. The minimum absolute atomic E-state index is 0.136. The van der Waals surface area contributed by atoms with Crippen LogP contribution in [-0.4, -0.2) is 25.8 Å². The molecule has 0 saturated carbocycles. The molecule has 3 aromatic carbocycles. The zero-order valence-corrected chi connectivity index (χ0v) is 18.1. The molecule has 8 heteroatoms. The van der Waals surface area contributed by atoms with Crippen molar-refractivity contribution in [2.24, 2.45) is 0 Å². The Morgan fingerprint density at radius 3 is 2.00 bits per heavy atom. The Labute approximate surface area is 194 Å². The molecule has 0 unspecified atom stereocenters. The van der Waals surface area contributed by atoms with Gasteiger partial charge >= 0.3 is 6.18 Å². The number of aliphatic carboxylic acids is 1. The van der Waals surface area contributed by atoms with Crippen LogP contribution in [0.3, 0.4) is 0 Å². The van der Waals surface area contributed by atoms with Crippen molar-refractivity contribution in [3.63, 3.8) is 0 Å². The molecule has 0 saturated heterocycles. The predicted molar refractivity (Wildman–Crippen MR) is 116 cm³/mol. The molecular weight excluding hydrogens is 449 g/mol. The first-order valence-electron chi connectivity index (χ1n) is 10.1. The molecule has 5 nitrogen and oxygen atoms in total. The molecule has 0 heterocycles. The Bertz CT molecular complexity index is 1140. The highest BCUT2D eigenvalue weighted by Gasteiger charge is 2.30. The second-order valence-corrected chi connectivity index (χ2v) is 7.13. The largest absolute Gasteiger partial charge is 0.547 e. The number of carbonyl (C=O) groups excluding carboxylic acids is 1. The van der Waals surface area contributed by atoms with Gasteiger partial charge in [-0.2, -0.15) is 13.2 Å². The number of halogens is 3. The summed E-state index contributed by atoms with van der Waals surface area (Å²) in [5, 5.41) is 10.9.